The van der Waals surface area contributed by atoms with Crippen LogP contribution in [0.25, 0.3) is 21.2 Å². The third kappa shape index (κ3) is 2.83. The van der Waals surface area contributed by atoms with E-state index in [1.165, 1.54) is 10.1 Å². The van der Waals surface area contributed by atoms with Crippen LogP contribution in [0.15, 0.2) is 52.3 Å². The van der Waals surface area contributed by atoms with Crippen LogP contribution in [0, 0.1) is 6.92 Å². The third-order valence-electron chi connectivity index (χ3n) is 3.75. The summed E-state index contributed by atoms with van der Waals surface area (Å²) in [5, 5.41) is 8.97. The number of fused-ring (bicyclic) bond motifs is 2. The highest BCUT2D eigenvalue weighted by molar-refractivity contribution is 7.17. The summed E-state index contributed by atoms with van der Waals surface area (Å²) < 4.78 is 6.70. The van der Waals surface area contributed by atoms with Gasteiger partial charge in [-0.1, -0.05) is 18.2 Å². The first-order chi connectivity index (χ1) is 11.7. The molecule has 0 aliphatic heterocycles. The Bertz CT molecular complexity index is 1040. The second-order valence-electron chi connectivity index (χ2n) is 5.48. The number of benzene rings is 2. The first-order valence-corrected chi connectivity index (χ1v) is 8.44. The Morgan fingerprint density at radius 1 is 1.25 bits per heavy atom. The number of carbonyl (C=O) groups is 1. The molecule has 0 aliphatic rings. The minimum atomic E-state index is -0.249. The number of carbonyl (C=O) groups excluding carboxylic acids is 1. The van der Waals surface area contributed by atoms with Crippen LogP contribution < -0.4 is 10.6 Å². The Labute approximate surface area is 142 Å². The van der Waals surface area contributed by atoms with E-state index < -0.39 is 0 Å². The van der Waals surface area contributed by atoms with Crippen molar-refractivity contribution < 1.29 is 9.21 Å². The van der Waals surface area contributed by atoms with Crippen molar-refractivity contribution in [3.8, 4) is 0 Å². The highest BCUT2D eigenvalue weighted by Gasteiger charge is 2.08. The summed E-state index contributed by atoms with van der Waals surface area (Å²) in [5.74, 6) is 0.607. The fourth-order valence-electron chi connectivity index (χ4n) is 2.64. The van der Waals surface area contributed by atoms with E-state index in [1.54, 1.807) is 24.3 Å². The normalized spacial score (nSPS) is 11.0. The molecule has 120 valence electrons. The highest BCUT2D eigenvalue weighted by atomic mass is 32.1. The molecule has 4 rings (SSSR count). The van der Waals surface area contributed by atoms with Gasteiger partial charge in [0.25, 0.3) is 0 Å². The van der Waals surface area contributed by atoms with Crippen molar-refractivity contribution in [2.75, 3.05) is 5.32 Å². The van der Waals surface area contributed by atoms with Crippen molar-refractivity contribution in [1.82, 2.24) is 10.3 Å². The number of nitrogens with zero attached hydrogens (tertiary/aromatic N) is 1. The van der Waals surface area contributed by atoms with Gasteiger partial charge in [-0.3, -0.25) is 0 Å². The molecule has 5 nitrogen and oxygen atoms in total. The zero-order valence-electron chi connectivity index (χ0n) is 13.0. The maximum atomic E-state index is 12.1. The number of aryl methyl sites for hydroxylation is 1. The molecule has 0 saturated heterocycles. The summed E-state index contributed by atoms with van der Waals surface area (Å²) in [6, 6.07) is 13.3. The molecule has 0 fully saturated rings. The van der Waals surface area contributed by atoms with Gasteiger partial charge in [0.2, 0.25) is 0 Å². The standard InChI is InChI=1S/C18H15N3O2S/c1-11-20-15-7-6-13(8-16(15)23-11)21-18(22)19-9-12-10-24-17-5-3-2-4-14(12)17/h2-8,10H,9H2,1H3,(H2,19,21,22). The number of urea groups is 1. The Morgan fingerprint density at radius 2 is 2.12 bits per heavy atom. The lowest BCUT2D eigenvalue weighted by atomic mass is 10.2. The fraction of sp³-hybridized carbons (Fsp3) is 0.111. The predicted molar refractivity (Wildman–Crippen MR) is 96.4 cm³/mol. The van der Waals surface area contributed by atoms with Crippen molar-refractivity contribution in [3.05, 3.63) is 59.3 Å². The molecule has 0 atom stereocenters. The summed E-state index contributed by atoms with van der Waals surface area (Å²) in [4.78, 5) is 16.4. The Morgan fingerprint density at radius 3 is 3.04 bits per heavy atom. The number of hydrogen-bond donors (Lipinski definition) is 2. The van der Waals surface area contributed by atoms with E-state index in [2.05, 4.69) is 33.1 Å². The topological polar surface area (TPSA) is 67.2 Å². The molecule has 0 aliphatic carbocycles. The van der Waals surface area contributed by atoms with E-state index in [9.17, 15) is 4.79 Å². The average Bonchev–Trinajstić information content (AvgIpc) is 3.15. The highest BCUT2D eigenvalue weighted by Crippen LogP contribution is 2.25. The second kappa shape index (κ2) is 5.98. The lowest BCUT2D eigenvalue weighted by Crippen LogP contribution is -2.28. The second-order valence-corrected chi connectivity index (χ2v) is 6.39. The van der Waals surface area contributed by atoms with Crippen LogP contribution in [0.5, 0.6) is 0 Å². The van der Waals surface area contributed by atoms with Crippen LogP contribution in [0.2, 0.25) is 0 Å². The van der Waals surface area contributed by atoms with Crippen LogP contribution in [0.3, 0.4) is 0 Å². The van der Waals surface area contributed by atoms with E-state index in [-0.39, 0.29) is 6.03 Å². The number of amides is 2. The molecule has 2 aromatic carbocycles. The molecular formula is C18H15N3O2S. The fourth-order valence-corrected chi connectivity index (χ4v) is 3.60. The molecular weight excluding hydrogens is 322 g/mol. The number of nitrogens with one attached hydrogen (secondary N) is 2. The number of rotatable bonds is 3. The number of thiophene rings is 1. The molecule has 2 amide bonds. The quantitative estimate of drug-likeness (QED) is 0.571. The van der Waals surface area contributed by atoms with Gasteiger partial charge in [-0.05, 0) is 34.5 Å². The molecule has 0 spiro atoms. The third-order valence-corrected chi connectivity index (χ3v) is 4.77. The summed E-state index contributed by atoms with van der Waals surface area (Å²) in [6.07, 6.45) is 0. The van der Waals surface area contributed by atoms with E-state index in [0.29, 0.717) is 23.7 Å². The molecule has 4 aromatic rings. The van der Waals surface area contributed by atoms with Crippen molar-refractivity contribution >= 4 is 44.2 Å². The minimum Gasteiger partial charge on any atom is -0.441 e. The average molecular weight is 337 g/mol. The van der Waals surface area contributed by atoms with Crippen molar-refractivity contribution in [2.45, 2.75) is 13.5 Å². The van der Waals surface area contributed by atoms with Crippen molar-refractivity contribution in [2.24, 2.45) is 0 Å². The summed E-state index contributed by atoms with van der Waals surface area (Å²) in [6.45, 7) is 2.28. The SMILES string of the molecule is Cc1nc2ccc(NC(=O)NCc3csc4ccccc34)cc2o1. The molecule has 24 heavy (non-hydrogen) atoms. The van der Waals surface area contributed by atoms with Gasteiger partial charge in [-0.2, -0.15) is 0 Å². The van der Waals surface area contributed by atoms with E-state index in [0.717, 1.165) is 11.1 Å². The van der Waals surface area contributed by atoms with Gasteiger partial charge in [0.15, 0.2) is 11.5 Å². The van der Waals surface area contributed by atoms with E-state index >= 15 is 0 Å². The first kappa shape index (κ1) is 14.7. The molecule has 2 heterocycles. The maximum Gasteiger partial charge on any atom is 0.319 e. The number of oxazole rings is 1. The lowest BCUT2D eigenvalue weighted by Gasteiger charge is -2.07. The first-order valence-electron chi connectivity index (χ1n) is 7.56. The van der Waals surface area contributed by atoms with E-state index in [1.807, 2.05) is 24.3 Å². The van der Waals surface area contributed by atoms with Crippen molar-refractivity contribution in [3.63, 3.8) is 0 Å². The van der Waals surface area contributed by atoms with Gasteiger partial charge in [0, 0.05) is 29.9 Å². The predicted octanol–water partition coefficient (Wildman–Crippen LogP) is 4.67. The van der Waals surface area contributed by atoms with Crippen LogP contribution in [-0.2, 0) is 6.54 Å². The zero-order chi connectivity index (χ0) is 16.5. The van der Waals surface area contributed by atoms with Gasteiger partial charge in [-0.15, -0.1) is 11.3 Å². The van der Waals surface area contributed by atoms with Crippen LogP contribution in [0.4, 0.5) is 10.5 Å². The van der Waals surface area contributed by atoms with Gasteiger partial charge < -0.3 is 15.1 Å². The molecule has 0 radical (unpaired) electrons. The minimum absolute atomic E-state index is 0.249. The number of anilines is 1. The molecule has 2 aromatic heterocycles. The summed E-state index contributed by atoms with van der Waals surface area (Å²) >= 11 is 1.68. The maximum absolute atomic E-state index is 12.1. The largest absolute Gasteiger partial charge is 0.441 e. The zero-order valence-corrected chi connectivity index (χ0v) is 13.8. The Balaban J connectivity index is 1.44. The smallest absolute Gasteiger partial charge is 0.319 e. The van der Waals surface area contributed by atoms with Gasteiger partial charge in [0.1, 0.15) is 5.52 Å². The number of hydrogen-bond acceptors (Lipinski definition) is 4. The molecule has 6 heteroatoms. The molecule has 0 saturated carbocycles. The van der Waals surface area contributed by atoms with Crippen LogP contribution in [0.1, 0.15) is 11.5 Å². The van der Waals surface area contributed by atoms with Crippen molar-refractivity contribution in [1.29, 1.82) is 0 Å². The van der Waals surface area contributed by atoms with E-state index in [4.69, 9.17) is 4.42 Å². The van der Waals surface area contributed by atoms with Crippen LogP contribution in [-0.4, -0.2) is 11.0 Å². The van der Waals surface area contributed by atoms with Gasteiger partial charge in [0.05, 0.1) is 0 Å². The molecule has 0 bridgehead atoms. The monoisotopic (exact) mass is 337 g/mol. The van der Waals surface area contributed by atoms with Gasteiger partial charge in [-0.25, -0.2) is 9.78 Å². The van der Waals surface area contributed by atoms with Crippen LogP contribution >= 0.6 is 11.3 Å². The summed E-state index contributed by atoms with van der Waals surface area (Å²) in [5.41, 5.74) is 3.23. The summed E-state index contributed by atoms with van der Waals surface area (Å²) in [7, 11) is 0. The number of aromatic nitrogens is 1. The van der Waals surface area contributed by atoms with Gasteiger partial charge >= 0.3 is 6.03 Å². The molecule has 0 unspecified atom stereocenters. The molecule has 2 N–H and O–H groups in total. The Hall–Kier alpha value is -2.86. The Kier molecular flexibility index (Phi) is 3.66. The lowest BCUT2D eigenvalue weighted by molar-refractivity contribution is 0.252.